The van der Waals surface area contributed by atoms with Gasteiger partial charge in [-0.25, -0.2) is 0 Å². The van der Waals surface area contributed by atoms with Crippen LogP contribution in [0.2, 0.25) is 0 Å². The first-order chi connectivity index (χ1) is 13.2. The van der Waals surface area contributed by atoms with Crippen molar-refractivity contribution in [3.05, 3.63) is 35.9 Å². The van der Waals surface area contributed by atoms with Crippen molar-refractivity contribution in [3.8, 4) is 0 Å². The van der Waals surface area contributed by atoms with Gasteiger partial charge in [0.15, 0.2) is 0 Å². The molecule has 0 saturated heterocycles. The van der Waals surface area contributed by atoms with Crippen molar-refractivity contribution in [1.82, 2.24) is 16.0 Å². The van der Waals surface area contributed by atoms with E-state index in [2.05, 4.69) is 42.5 Å². The van der Waals surface area contributed by atoms with Crippen molar-refractivity contribution in [2.75, 3.05) is 13.1 Å². The predicted molar refractivity (Wildman–Crippen MR) is 115 cm³/mol. The number of hydrogen-bond acceptors (Lipinski definition) is 4. The third-order valence-electron chi connectivity index (χ3n) is 4.48. The highest BCUT2D eigenvalue weighted by Gasteiger charge is 2.23. The first-order valence-electron chi connectivity index (χ1n) is 10.3. The molecule has 1 fully saturated rings. The largest absolute Gasteiger partial charge is 0.370 e. The Morgan fingerprint density at radius 3 is 2.18 bits per heavy atom. The first kappa shape index (κ1) is 24.1. The Kier molecular flexibility index (Phi) is 10.8. The Balaban J connectivity index is 0.000000892. The second-order valence-electron chi connectivity index (χ2n) is 8.43. The molecule has 0 aliphatic heterocycles. The van der Waals surface area contributed by atoms with Gasteiger partial charge in [-0.3, -0.25) is 9.59 Å². The third kappa shape index (κ3) is 11.0. The Morgan fingerprint density at radius 1 is 1.07 bits per heavy atom. The van der Waals surface area contributed by atoms with E-state index in [-0.39, 0.29) is 23.4 Å². The number of nitrogens with one attached hydrogen (secondary N) is 3. The van der Waals surface area contributed by atoms with Crippen LogP contribution in [0.4, 0.5) is 0 Å². The second-order valence-corrected chi connectivity index (χ2v) is 8.43. The van der Waals surface area contributed by atoms with E-state index in [1.54, 1.807) is 0 Å². The molecular formula is C22H38N4O2. The van der Waals surface area contributed by atoms with Gasteiger partial charge in [0.2, 0.25) is 11.8 Å². The fourth-order valence-electron chi connectivity index (χ4n) is 3.19. The van der Waals surface area contributed by atoms with Crippen LogP contribution in [-0.2, 0) is 9.59 Å². The van der Waals surface area contributed by atoms with Crippen LogP contribution in [0.5, 0.6) is 0 Å². The molecule has 6 heteroatoms. The average Bonchev–Trinajstić information content (AvgIpc) is 2.62. The van der Waals surface area contributed by atoms with E-state index in [1.807, 2.05) is 30.3 Å². The zero-order chi connectivity index (χ0) is 21.0. The number of hydrogen-bond donors (Lipinski definition) is 4. The molecule has 0 radical (unpaired) electrons. The number of carbonyl (C=O) groups excluding carboxylic acids is 2. The molecule has 158 valence electrons. The summed E-state index contributed by atoms with van der Waals surface area (Å²) >= 11 is 0. The molecule has 1 saturated carbocycles. The molecule has 0 aromatic heterocycles. The fraction of sp³-hybridized carbons (Fsp3) is 0.636. The van der Waals surface area contributed by atoms with Gasteiger partial charge in [0.05, 0.1) is 0 Å². The van der Waals surface area contributed by atoms with Crippen LogP contribution in [0.1, 0.15) is 71.4 Å². The summed E-state index contributed by atoms with van der Waals surface area (Å²) in [5, 5.41) is 10.1. The Morgan fingerprint density at radius 2 is 1.64 bits per heavy atom. The van der Waals surface area contributed by atoms with E-state index >= 15 is 0 Å². The molecule has 1 unspecified atom stereocenters. The fourth-order valence-corrected chi connectivity index (χ4v) is 3.19. The lowest BCUT2D eigenvalue weighted by Crippen LogP contribution is -2.46. The van der Waals surface area contributed by atoms with Crippen molar-refractivity contribution < 1.29 is 9.59 Å². The summed E-state index contributed by atoms with van der Waals surface area (Å²) in [6, 6.07) is 10.1. The lowest BCUT2D eigenvalue weighted by atomic mass is 9.95. The van der Waals surface area contributed by atoms with E-state index in [0.29, 0.717) is 6.04 Å². The van der Waals surface area contributed by atoms with Crippen molar-refractivity contribution in [1.29, 1.82) is 0 Å². The zero-order valence-electron chi connectivity index (χ0n) is 17.9. The molecule has 1 aromatic rings. The van der Waals surface area contributed by atoms with Gasteiger partial charge in [0.25, 0.3) is 0 Å². The lowest BCUT2D eigenvalue weighted by Gasteiger charge is -2.27. The highest BCUT2D eigenvalue weighted by molar-refractivity contribution is 5.83. The minimum absolute atomic E-state index is 0.0915. The van der Waals surface area contributed by atoms with E-state index in [4.69, 9.17) is 0 Å². The van der Waals surface area contributed by atoms with E-state index in [9.17, 15) is 9.59 Å². The molecule has 0 spiro atoms. The smallest absolute Gasteiger partial charge is 0.241 e. The van der Waals surface area contributed by atoms with Crippen LogP contribution in [0, 0.1) is 0 Å². The van der Waals surface area contributed by atoms with Gasteiger partial charge in [-0.2, -0.15) is 0 Å². The van der Waals surface area contributed by atoms with Gasteiger partial charge >= 0.3 is 0 Å². The van der Waals surface area contributed by atoms with Crippen LogP contribution in [0.25, 0.3) is 0 Å². The molecule has 28 heavy (non-hydrogen) atoms. The summed E-state index contributed by atoms with van der Waals surface area (Å²) in [6.07, 6.45) is 5.97. The standard InChI is InChI=1S/C20H33N3O.C2H5NO/c1-20(2,3)22-15-14-21-18(16-10-6-4-7-11-16)19(24)23-17-12-8-5-9-13-17;1-2(3)4/h4,6-7,10-11,17-18,21-22H,5,8-9,12-15H2,1-3H3,(H,23,24);1H3,(H2,3,4). The normalized spacial score (nSPS) is 15.9. The van der Waals surface area contributed by atoms with Gasteiger partial charge in [-0.1, -0.05) is 49.6 Å². The minimum atomic E-state index is -0.333. The molecule has 0 bridgehead atoms. The SMILES string of the molecule is CC(C)(C)NCCNC(C(=O)NC1CCCCC1)c1ccccc1.CC(N)=O. The van der Waals surface area contributed by atoms with E-state index in [1.165, 1.54) is 26.2 Å². The molecule has 1 atom stereocenters. The van der Waals surface area contributed by atoms with Gasteiger partial charge in [0.1, 0.15) is 6.04 Å². The van der Waals surface area contributed by atoms with Crippen LogP contribution in [0.3, 0.4) is 0 Å². The molecule has 2 rings (SSSR count). The molecule has 1 aliphatic carbocycles. The molecule has 1 aromatic carbocycles. The van der Waals surface area contributed by atoms with Crippen molar-refractivity contribution in [3.63, 3.8) is 0 Å². The number of primary amides is 1. The minimum Gasteiger partial charge on any atom is -0.370 e. The maximum Gasteiger partial charge on any atom is 0.241 e. The summed E-state index contributed by atoms with van der Waals surface area (Å²) in [4.78, 5) is 22.0. The molecule has 5 N–H and O–H groups in total. The van der Waals surface area contributed by atoms with Gasteiger partial charge in [-0.15, -0.1) is 0 Å². The summed E-state index contributed by atoms with van der Waals surface area (Å²) in [6.45, 7) is 9.35. The number of amides is 2. The number of carbonyl (C=O) groups is 2. The maximum absolute atomic E-state index is 12.8. The third-order valence-corrected chi connectivity index (χ3v) is 4.48. The van der Waals surface area contributed by atoms with Crippen molar-refractivity contribution in [2.45, 2.75) is 77.4 Å². The summed E-state index contributed by atoms with van der Waals surface area (Å²) < 4.78 is 0. The van der Waals surface area contributed by atoms with Gasteiger partial charge in [0, 0.05) is 31.6 Å². The predicted octanol–water partition coefficient (Wildman–Crippen LogP) is 2.65. The second kappa shape index (κ2) is 12.5. The first-order valence-corrected chi connectivity index (χ1v) is 10.3. The monoisotopic (exact) mass is 390 g/mol. The summed E-state index contributed by atoms with van der Waals surface area (Å²) in [5.41, 5.74) is 5.59. The average molecular weight is 391 g/mol. The molecular weight excluding hydrogens is 352 g/mol. The molecule has 2 amide bonds. The summed E-state index contributed by atoms with van der Waals surface area (Å²) in [5.74, 6) is -0.233. The quantitative estimate of drug-likeness (QED) is 0.538. The van der Waals surface area contributed by atoms with Gasteiger partial charge < -0.3 is 21.7 Å². The van der Waals surface area contributed by atoms with Crippen molar-refractivity contribution in [2.24, 2.45) is 5.73 Å². The van der Waals surface area contributed by atoms with Crippen LogP contribution < -0.4 is 21.7 Å². The van der Waals surface area contributed by atoms with Crippen LogP contribution in [0.15, 0.2) is 30.3 Å². The number of benzene rings is 1. The van der Waals surface area contributed by atoms with Crippen LogP contribution >= 0.6 is 0 Å². The van der Waals surface area contributed by atoms with Gasteiger partial charge in [-0.05, 0) is 39.2 Å². The highest BCUT2D eigenvalue weighted by atomic mass is 16.2. The number of nitrogens with two attached hydrogens (primary N) is 1. The Hall–Kier alpha value is -1.92. The van der Waals surface area contributed by atoms with E-state index in [0.717, 1.165) is 31.5 Å². The highest BCUT2D eigenvalue weighted by Crippen LogP contribution is 2.19. The van der Waals surface area contributed by atoms with Crippen LogP contribution in [-0.4, -0.2) is 36.5 Å². The molecule has 6 nitrogen and oxygen atoms in total. The Bertz CT molecular complexity index is 574. The Labute approximate surface area is 170 Å². The zero-order valence-corrected chi connectivity index (χ0v) is 17.9. The van der Waals surface area contributed by atoms with E-state index < -0.39 is 0 Å². The number of rotatable bonds is 7. The summed E-state index contributed by atoms with van der Waals surface area (Å²) in [7, 11) is 0. The maximum atomic E-state index is 12.8. The molecule has 0 heterocycles. The topological polar surface area (TPSA) is 96.2 Å². The lowest BCUT2D eigenvalue weighted by molar-refractivity contribution is -0.124. The molecule has 1 aliphatic rings. The van der Waals surface area contributed by atoms with Crippen molar-refractivity contribution >= 4 is 11.8 Å².